The molecule has 112 valence electrons. The predicted octanol–water partition coefficient (Wildman–Crippen LogP) is 1.53. The number of hydrogen-bond acceptors (Lipinski definition) is 5. The molecule has 0 radical (unpaired) electrons. The zero-order valence-electron chi connectivity index (χ0n) is 11.9. The first-order valence-electron chi connectivity index (χ1n) is 6.22. The van der Waals surface area contributed by atoms with Crippen LogP contribution in [0.25, 0.3) is 11.0 Å². The van der Waals surface area contributed by atoms with E-state index in [2.05, 4.69) is 10.1 Å². The number of pyridine rings is 1. The summed E-state index contributed by atoms with van der Waals surface area (Å²) in [5.74, 6) is -1.21. The molecule has 1 amide bonds. The summed E-state index contributed by atoms with van der Waals surface area (Å²) >= 11 is 5.81. The molecule has 0 aliphatic carbocycles. The number of halogens is 1. The maximum absolute atomic E-state index is 11.9. The summed E-state index contributed by atoms with van der Waals surface area (Å²) in [5, 5.41) is 4.23. The number of carbonyl (C=O) groups excluding carboxylic acids is 2. The monoisotopic (exact) mass is 310 g/mol. The number of nitrogens with zero attached hydrogens (tertiary/aromatic N) is 3. The molecule has 0 atom stereocenters. The number of fused-ring (bicyclic) bond motifs is 1. The van der Waals surface area contributed by atoms with E-state index in [1.165, 1.54) is 4.68 Å². The highest BCUT2D eigenvalue weighted by Crippen LogP contribution is 2.19. The maximum Gasteiger partial charge on any atom is 0.328 e. The lowest BCUT2D eigenvalue weighted by atomic mass is 10.2. The van der Waals surface area contributed by atoms with Crippen LogP contribution in [0.1, 0.15) is 31.3 Å². The number of hydrogen-bond donors (Lipinski definition) is 1. The lowest BCUT2D eigenvalue weighted by Crippen LogP contribution is -2.27. The number of amides is 1. The van der Waals surface area contributed by atoms with Crippen molar-refractivity contribution in [1.82, 2.24) is 14.8 Å². The van der Waals surface area contributed by atoms with Gasteiger partial charge >= 0.3 is 5.97 Å². The minimum Gasteiger partial charge on any atom is -0.459 e. The first kappa shape index (κ1) is 15.2. The first-order chi connectivity index (χ1) is 9.67. The normalized spacial score (nSPS) is 11.6. The Morgan fingerprint density at radius 2 is 2.05 bits per heavy atom. The van der Waals surface area contributed by atoms with Gasteiger partial charge in [0.05, 0.1) is 5.52 Å². The molecule has 2 heterocycles. The van der Waals surface area contributed by atoms with Crippen LogP contribution in [0.15, 0.2) is 12.1 Å². The SMILES string of the molecule is CC(C)(C)OC(=O)Cn1nc(C(N)=O)c2nc(Cl)ccc21. The lowest BCUT2D eigenvalue weighted by Gasteiger charge is -2.19. The third-order valence-corrected chi connectivity index (χ3v) is 2.71. The molecular formula is C13H15ClN4O3. The molecule has 0 spiro atoms. The number of esters is 1. The Bertz CT molecular complexity index is 718. The third kappa shape index (κ3) is 3.49. The minimum atomic E-state index is -0.738. The number of nitrogens with two attached hydrogens (primary N) is 1. The van der Waals surface area contributed by atoms with Crippen molar-refractivity contribution in [1.29, 1.82) is 0 Å². The van der Waals surface area contributed by atoms with Crippen molar-refractivity contribution in [2.45, 2.75) is 32.9 Å². The zero-order chi connectivity index (χ0) is 15.8. The summed E-state index contributed by atoms with van der Waals surface area (Å²) in [7, 11) is 0. The van der Waals surface area contributed by atoms with Gasteiger partial charge in [0.2, 0.25) is 0 Å². The molecule has 0 bridgehead atoms. The van der Waals surface area contributed by atoms with Crippen LogP contribution in [0.4, 0.5) is 0 Å². The van der Waals surface area contributed by atoms with Crippen molar-refractivity contribution in [3.05, 3.63) is 23.0 Å². The van der Waals surface area contributed by atoms with Crippen molar-refractivity contribution < 1.29 is 14.3 Å². The summed E-state index contributed by atoms with van der Waals surface area (Å²) in [6.45, 7) is 5.15. The van der Waals surface area contributed by atoms with E-state index >= 15 is 0 Å². The van der Waals surface area contributed by atoms with Crippen LogP contribution < -0.4 is 5.73 Å². The largest absolute Gasteiger partial charge is 0.459 e. The van der Waals surface area contributed by atoms with Crippen LogP contribution in [0, 0.1) is 0 Å². The zero-order valence-corrected chi connectivity index (χ0v) is 12.6. The van der Waals surface area contributed by atoms with Gasteiger partial charge in [0.15, 0.2) is 5.69 Å². The summed E-state index contributed by atoms with van der Waals surface area (Å²) in [6.07, 6.45) is 0. The summed E-state index contributed by atoms with van der Waals surface area (Å²) in [5.41, 5.74) is 5.38. The molecule has 0 fully saturated rings. The maximum atomic E-state index is 11.9. The summed E-state index contributed by atoms with van der Waals surface area (Å²) in [4.78, 5) is 27.3. The van der Waals surface area contributed by atoms with Crippen molar-refractivity contribution in [3.8, 4) is 0 Å². The lowest BCUT2D eigenvalue weighted by molar-refractivity contribution is -0.155. The second-order valence-electron chi connectivity index (χ2n) is 5.46. The van der Waals surface area contributed by atoms with Crippen LogP contribution in [-0.2, 0) is 16.1 Å². The van der Waals surface area contributed by atoms with Crippen molar-refractivity contribution >= 4 is 34.5 Å². The van der Waals surface area contributed by atoms with Crippen LogP contribution in [-0.4, -0.2) is 32.2 Å². The van der Waals surface area contributed by atoms with Crippen LogP contribution >= 0.6 is 11.6 Å². The smallest absolute Gasteiger partial charge is 0.328 e. The standard InChI is InChI=1S/C13H15ClN4O3/c1-13(2,3)21-9(19)6-18-7-4-5-8(14)16-10(7)11(17-18)12(15)20/h4-5H,6H2,1-3H3,(H2,15,20). The molecule has 8 heteroatoms. The average molecular weight is 311 g/mol. The van der Waals surface area contributed by atoms with E-state index in [0.29, 0.717) is 5.52 Å². The van der Waals surface area contributed by atoms with Gasteiger partial charge in [-0.1, -0.05) is 11.6 Å². The molecule has 0 aromatic carbocycles. The van der Waals surface area contributed by atoms with Gasteiger partial charge < -0.3 is 10.5 Å². The Morgan fingerprint density at radius 3 is 2.62 bits per heavy atom. The minimum absolute atomic E-state index is 0.0314. The van der Waals surface area contributed by atoms with Gasteiger partial charge in [-0.05, 0) is 32.9 Å². The number of primary amides is 1. The fourth-order valence-electron chi connectivity index (χ4n) is 1.82. The van der Waals surface area contributed by atoms with E-state index in [0.717, 1.165) is 0 Å². The molecule has 7 nitrogen and oxygen atoms in total. The van der Waals surface area contributed by atoms with Gasteiger partial charge in [0.1, 0.15) is 22.8 Å². The van der Waals surface area contributed by atoms with Crippen molar-refractivity contribution in [3.63, 3.8) is 0 Å². The third-order valence-electron chi connectivity index (χ3n) is 2.50. The summed E-state index contributed by atoms with van der Waals surface area (Å²) < 4.78 is 6.55. The molecule has 0 unspecified atom stereocenters. The van der Waals surface area contributed by atoms with Gasteiger partial charge in [-0.2, -0.15) is 5.10 Å². The number of ether oxygens (including phenoxy) is 1. The topological polar surface area (TPSA) is 100 Å². The highest BCUT2D eigenvalue weighted by atomic mass is 35.5. The molecule has 21 heavy (non-hydrogen) atoms. The quantitative estimate of drug-likeness (QED) is 0.684. The van der Waals surface area contributed by atoms with E-state index in [9.17, 15) is 9.59 Å². The Labute approximate surface area is 126 Å². The predicted molar refractivity (Wildman–Crippen MR) is 76.9 cm³/mol. The number of aromatic nitrogens is 3. The molecule has 2 aromatic rings. The fourth-order valence-corrected chi connectivity index (χ4v) is 1.96. The molecular weight excluding hydrogens is 296 g/mol. The van der Waals surface area contributed by atoms with Crippen LogP contribution in [0.3, 0.4) is 0 Å². The van der Waals surface area contributed by atoms with Gasteiger partial charge in [0, 0.05) is 0 Å². The highest BCUT2D eigenvalue weighted by Gasteiger charge is 2.21. The van der Waals surface area contributed by atoms with E-state index in [-0.39, 0.29) is 22.9 Å². The van der Waals surface area contributed by atoms with E-state index < -0.39 is 17.5 Å². The van der Waals surface area contributed by atoms with Crippen molar-refractivity contribution in [2.75, 3.05) is 0 Å². The number of rotatable bonds is 3. The van der Waals surface area contributed by atoms with Crippen LogP contribution in [0.2, 0.25) is 5.15 Å². The van der Waals surface area contributed by atoms with Gasteiger partial charge in [-0.25, -0.2) is 4.98 Å². The van der Waals surface area contributed by atoms with Gasteiger partial charge in [0.25, 0.3) is 5.91 Å². The molecule has 0 aliphatic heterocycles. The van der Waals surface area contributed by atoms with E-state index in [4.69, 9.17) is 22.1 Å². The fraction of sp³-hybridized carbons (Fsp3) is 0.385. The number of carbonyl (C=O) groups is 2. The van der Waals surface area contributed by atoms with E-state index in [1.807, 2.05) is 0 Å². The van der Waals surface area contributed by atoms with Crippen molar-refractivity contribution in [2.24, 2.45) is 5.73 Å². The van der Waals surface area contributed by atoms with Gasteiger partial charge in [-0.15, -0.1) is 0 Å². The highest BCUT2D eigenvalue weighted by molar-refractivity contribution is 6.29. The second kappa shape index (κ2) is 5.33. The molecule has 2 rings (SSSR count). The average Bonchev–Trinajstić information content (AvgIpc) is 2.64. The second-order valence-corrected chi connectivity index (χ2v) is 5.85. The first-order valence-corrected chi connectivity index (χ1v) is 6.60. The van der Waals surface area contributed by atoms with Crippen LogP contribution in [0.5, 0.6) is 0 Å². The molecule has 0 saturated carbocycles. The molecule has 2 N–H and O–H groups in total. The molecule has 2 aromatic heterocycles. The Hall–Kier alpha value is -2.15. The van der Waals surface area contributed by atoms with E-state index in [1.54, 1.807) is 32.9 Å². The van der Waals surface area contributed by atoms with Gasteiger partial charge in [-0.3, -0.25) is 14.3 Å². The molecule has 0 saturated heterocycles. The Balaban J connectivity index is 2.41. The summed E-state index contributed by atoms with van der Waals surface area (Å²) in [6, 6.07) is 3.16. The molecule has 0 aliphatic rings. The Morgan fingerprint density at radius 1 is 1.38 bits per heavy atom. The Kier molecular flexibility index (Phi) is 3.87.